The number of carboxylic acids is 1. The zero-order chi connectivity index (χ0) is 16.3. The third-order valence-electron chi connectivity index (χ3n) is 2.77. The number of carboxylic acid groups (broad SMARTS) is 1. The number of urea groups is 1. The van der Waals surface area contributed by atoms with E-state index in [1.807, 2.05) is 0 Å². The van der Waals surface area contributed by atoms with E-state index in [9.17, 15) is 22.8 Å². The summed E-state index contributed by atoms with van der Waals surface area (Å²) in [5.74, 6) is -1.89. The van der Waals surface area contributed by atoms with E-state index >= 15 is 0 Å². The number of hydrogen-bond acceptors (Lipinski definition) is 5. The van der Waals surface area contributed by atoms with Crippen molar-refractivity contribution >= 4 is 27.7 Å². The van der Waals surface area contributed by atoms with Gasteiger partial charge in [-0.15, -0.1) is 0 Å². The van der Waals surface area contributed by atoms with Gasteiger partial charge >= 0.3 is 12.0 Å². The Morgan fingerprint density at radius 2 is 1.90 bits per heavy atom. The zero-order valence-electron chi connectivity index (χ0n) is 11.8. The van der Waals surface area contributed by atoms with Gasteiger partial charge in [-0.2, -0.15) is 0 Å². The van der Waals surface area contributed by atoms with Crippen molar-refractivity contribution in [3.05, 3.63) is 11.5 Å². The number of rotatable bonds is 5. The molecule has 3 amide bonds. The Kier molecular flexibility index (Phi) is 5.10. The third kappa shape index (κ3) is 6.39. The summed E-state index contributed by atoms with van der Waals surface area (Å²) in [6.07, 6.45) is 0.991. The molecule has 0 fully saturated rings. The fraction of sp³-hybridized carbons (Fsp3) is 0.583. The van der Waals surface area contributed by atoms with Crippen LogP contribution in [-0.4, -0.2) is 43.2 Å². The zero-order valence-corrected chi connectivity index (χ0v) is 12.6. The number of imide groups is 1. The second-order valence-electron chi connectivity index (χ2n) is 5.70. The van der Waals surface area contributed by atoms with Crippen LogP contribution in [0.1, 0.15) is 26.7 Å². The molecule has 0 bridgehead atoms. The smallest absolute Gasteiger partial charge is 0.321 e. The van der Waals surface area contributed by atoms with Gasteiger partial charge in [-0.05, 0) is 11.5 Å². The van der Waals surface area contributed by atoms with Gasteiger partial charge in [0.2, 0.25) is 5.91 Å². The highest BCUT2D eigenvalue weighted by Gasteiger charge is 2.27. The third-order valence-corrected chi connectivity index (χ3v) is 4.16. The maximum Gasteiger partial charge on any atom is 0.321 e. The van der Waals surface area contributed by atoms with Crippen LogP contribution in [0.2, 0.25) is 0 Å². The summed E-state index contributed by atoms with van der Waals surface area (Å²) in [5, 5.41) is 14.1. The summed E-state index contributed by atoms with van der Waals surface area (Å²) in [5.41, 5.74) is -0.785. The Balaban J connectivity index is 2.43. The Bertz CT molecular complexity index is 579. The molecule has 0 spiro atoms. The molecule has 3 N–H and O–H groups in total. The fourth-order valence-corrected chi connectivity index (χ4v) is 3.18. The lowest BCUT2D eigenvalue weighted by Gasteiger charge is -2.21. The van der Waals surface area contributed by atoms with Gasteiger partial charge in [0.1, 0.15) is 0 Å². The minimum absolute atomic E-state index is 0.133. The van der Waals surface area contributed by atoms with Gasteiger partial charge in [0.15, 0.2) is 9.84 Å². The lowest BCUT2D eigenvalue weighted by Crippen LogP contribution is -2.45. The quantitative estimate of drug-likeness (QED) is 0.655. The van der Waals surface area contributed by atoms with E-state index in [1.165, 1.54) is 6.08 Å². The van der Waals surface area contributed by atoms with Crippen molar-refractivity contribution in [2.24, 2.45) is 5.41 Å². The summed E-state index contributed by atoms with van der Waals surface area (Å²) in [6, 6.07) is -1.48. The lowest BCUT2D eigenvalue weighted by molar-refractivity contribution is -0.139. The molecule has 118 valence electrons. The first kappa shape index (κ1) is 17.2. The maximum atomic E-state index is 11.7. The molecule has 1 atom stereocenters. The fourth-order valence-electron chi connectivity index (χ4n) is 1.95. The first-order valence-corrected chi connectivity index (χ1v) is 7.94. The maximum absolute atomic E-state index is 11.7. The van der Waals surface area contributed by atoms with E-state index < -0.39 is 39.2 Å². The average molecular weight is 318 g/mol. The number of sulfone groups is 1. The molecule has 0 radical (unpaired) electrons. The van der Waals surface area contributed by atoms with Crippen LogP contribution >= 0.6 is 0 Å². The van der Waals surface area contributed by atoms with E-state index in [1.54, 1.807) is 13.8 Å². The summed E-state index contributed by atoms with van der Waals surface area (Å²) in [6.45, 7) is 3.20. The largest absolute Gasteiger partial charge is 0.481 e. The molecule has 0 saturated heterocycles. The molecule has 1 aliphatic rings. The van der Waals surface area contributed by atoms with E-state index in [4.69, 9.17) is 5.11 Å². The monoisotopic (exact) mass is 318 g/mol. The summed E-state index contributed by atoms with van der Waals surface area (Å²) in [4.78, 5) is 33.8. The van der Waals surface area contributed by atoms with Crippen molar-refractivity contribution in [3.63, 3.8) is 0 Å². The second kappa shape index (κ2) is 6.25. The molecule has 0 aliphatic carbocycles. The molecule has 0 saturated carbocycles. The number of aliphatic carboxylic acids is 1. The van der Waals surface area contributed by atoms with Crippen molar-refractivity contribution in [1.82, 2.24) is 10.6 Å². The number of amides is 3. The number of carbonyl (C=O) groups is 3. The van der Waals surface area contributed by atoms with Gasteiger partial charge < -0.3 is 10.4 Å². The van der Waals surface area contributed by atoms with Crippen molar-refractivity contribution in [1.29, 1.82) is 0 Å². The summed E-state index contributed by atoms with van der Waals surface area (Å²) in [7, 11) is -3.29. The predicted octanol–water partition coefficient (Wildman–Crippen LogP) is 0.0139. The minimum atomic E-state index is -3.29. The van der Waals surface area contributed by atoms with Gasteiger partial charge in [0.25, 0.3) is 0 Å². The van der Waals surface area contributed by atoms with Crippen molar-refractivity contribution in [2.75, 3.05) is 5.75 Å². The minimum Gasteiger partial charge on any atom is -0.481 e. The highest BCUT2D eigenvalue weighted by Crippen LogP contribution is 2.24. The normalized spacial score (nSPS) is 20.0. The highest BCUT2D eigenvalue weighted by molar-refractivity contribution is 7.94. The van der Waals surface area contributed by atoms with E-state index in [2.05, 4.69) is 10.6 Å². The van der Waals surface area contributed by atoms with Gasteiger partial charge in [-0.3, -0.25) is 14.9 Å². The number of carbonyl (C=O) groups excluding carboxylic acids is 2. The van der Waals surface area contributed by atoms with Crippen LogP contribution in [0, 0.1) is 5.41 Å². The van der Waals surface area contributed by atoms with Crippen LogP contribution in [0.4, 0.5) is 4.79 Å². The van der Waals surface area contributed by atoms with Gasteiger partial charge in [-0.1, -0.05) is 13.8 Å². The summed E-state index contributed by atoms with van der Waals surface area (Å²) >= 11 is 0. The van der Waals surface area contributed by atoms with Gasteiger partial charge in [0.05, 0.1) is 18.2 Å². The molecule has 1 unspecified atom stereocenters. The lowest BCUT2D eigenvalue weighted by atomic mass is 9.85. The molecule has 8 nitrogen and oxygen atoms in total. The van der Waals surface area contributed by atoms with Crippen molar-refractivity contribution in [3.8, 4) is 0 Å². The van der Waals surface area contributed by atoms with Gasteiger partial charge in [-0.25, -0.2) is 13.2 Å². The molecule has 21 heavy (non-hydrogen) atoms. The first-order valence-electron chi connectivity index (χ1n) is 6.22. The van der Waals surface area contributed by atoms with Crippen LogP contribution in [0.5, 0.6) is 0 Å². The first-order chi connectivity index (χ1) is 9.49. The van der Waals surface area contributed by atoms with E-state index in [0.717, 1.165) is 5.41 Å². The molecule has 0 aromatic heterocycles. The summed E-state index contributed by atoms with van der Waals surface area (Å²) < 4.78 is 22.3. The standard InChI is InChI=1S/C12H18N2O6S/c1-12(2,6-10(16)17)5-9(15)14-11(18)13-8-3-4-21(19,20)7-8/h3-4,8H,5-7H2,1-2H3,(H,16,17)(H2,13,14,15,18). The highest BCUT2D eigenvalue weighted by atomic mass is 32.2. The van der Waals surface area contributed by atoms with Crippen LogP contribution < -0.4 is 10.6 Å². The Labute approximate surface area is 122 Å². The number of nitrogens with one attached hydrogen (secondary N) is 2. The van der Waals surface area contributed by atoms with Crippen LogP contribution in [0.15, 0.2) is 11.5 Å². The van der Waals surface area contributed by atoms with E-state index in [-0.39, 0.29) is 18.6 Å². The van der Waals surface area contributed by atoms with Crippen LogP contribution in [0.25, 0.3) is 0 Å². The van der Waals surface area contributed by atoms with Crippen molar-refractivity contribution < 1.29 is 27.9 Å². The molecule has 0 aromatic rings. The van der Waals surface area contributed by atoms with Gasteiger partial charge in [0, 0.05) is 11.8 Å². The van der Waals surface area contributed by atoms with E-state index in [0.29, 0.717) is 0 Å². The second-order valence-corrected chi connectivity index (χ2v) is 7.63. The molecule has 0 aromatic carbocycles. The molecular weight excluding hydrogens is 300 g/mol. The molecule has 1 aliphatic heterocycles. The molecule has 9 heteroatoms. The van der Waals surface area contributed by atoms with Crippen LogP contribution in [-0.2, 0) is 19.4 Å². The van der Waals surface area contributed by atoms with Crippen molar-refractivity contribution in [2.45, 2.75) is 32.7 Å². The average Bonchev–Trinajstić information content (AvgIpc) is 2.53. The molecule has 1 heterocycles. The Morgan fingerprint density at radius 1 is 1.29 bits per heavy atom. The molecule has 1 rings (SSSR count). The predicted molar refractivity (Wildman–Crippen MR) is 74.0 cm³/mol. The van der Waals surface area contributed by atoms with Crippen LogP contribution in [0.3, 0.4) is 0 Å². The topological polar surface area (TPSA) is 130 Å². The number of hydrogen-bond donors (Lipinski definition) is 3. The Morgan fingerprint density at radius 3 is 2.38 bits per heavy atom. The molecular formula is C12H18N2O6S. The Hall–Kier alpha value is -1.90. The SMILES string of the molecule is CC(C)(CC(=O)O)CC(=O)NC(=O)NC1C=CS(=O)(=O)C1.